The summed E-state index contributed by atoms with van der Waals surface area (Å²) < 4.78 is 61.4. The van der Waals surface area contributed by atoms with Gasteiger partial charge in [-0.2, -0.15) is 0 Å². The maximum absolute atomic E-state index is 14.5. The number of ether oxygens (including phenoxy) is 10. The Morgan fingerprint density at radius 2 is 1.07 bits per heavy atom. The summed E-state index contributed by atoms with van der Waals surface area (Å²) >= 11 is 0.570. The standard InChI is InChI=1S/C36H42N2O20S/c1-15(39)49-13-25-27(51-17(3)41)29(53-19(5)43)31(55-21(7)45)34(57-25)38-33(47)24(12-23-10-9-11-48-23)37-36(38)59-35-32(56-22(8)46)30(54-20(6)44)28(52-18(4)42)26(58-35)14-50-16(2)40/h9-12,25-32,34-35H,13-14H2,1-8H3/b24-12-/t25-,26-,27+,28+,29+,30+,31-,32-,34-,35+/m1/s1. The summed E-state index contributed by atoms with van der Waals surface area (Å²) in [6.45, 7) is 7.13. The van der Waals surface area contributed by atoms with Gasteiger partial charge in [-0.15, -0.1) is 0 Å². The smallest absolute Gasteiger partial charge is 0.303 e. The van der Waals surface area contributed by atoms with Gasteiger partial charge in [0, 0.05) is 61.5 Å². The minimum absolute atomic E-state index is 0.150. The van der Waals surface area contributed by atoms with E-state index in [4.69, 9.17) is 51.8 Å². The van der Waals surface area contributed by atoms with Crippen molar-refractivity contribution in [3.8, 4) is 0 Å². The van der Waals surface area contributed by atoms with Gasteiger partial charge in [0.2, 0.25) is 0 Å². The number of rotatable bonds is 13. The number of carbonyl (C=O) groups is 9. The third-order valence-corrected chi connectivity index (χ3v) is 9.18. The first-order valence-corrected chi connectivity index (χ1v) is 18.6. The highest BCUT2D eigenvalue weighted by atomic mass is 32.2. The van der Waals surface area contributed by atoms with Crippen molar-refractivity contribution in [3.05, 3.63) is 29.9 Å². The van der Waals surface area contributed by atoms with Gasteiger partial charge >= 0.3 is 47.8 Å². The van der Waals surface area contributed by atoms with Crippen molar-refractivity contribution in [3.63, 3.8) is 0 Å². The first-order chi connectivity index (χ1) is 27.7. The fourth-order valence-electron chi connectivity index (χ4n) is 6.13. The summed E-state index contributed by atoms with van der Waals surface area (Å²) in [5.41, 5.74) is -1.86. The van der Waals surface area contributed by atoms with Crippen LogP contribution in [0.15, 0.2) is 33.5 Å². The Balaban J connectivity index is 1.92. The quantitative estimate of drug-likeness (QED) is 0.150. The first-order valence-electron chi connectivity index (χ1n) is 17.7. The lowest BCUT2D eigenvalue weighted by Crippen LogP contribution is -2.67. The summed E-state index contributed by atoms with van der Waals surface area (Å²) in [4.78, 5) is 119. The number of hydrogen-bond donors (Lipinski definition) is 0. The second kappa shape index (κ2) is 20.2. The van der Waals surface area contributed by atoms with E-state index in [1.54, 1.807) is 0 Å². The fraction of sp³-hybridized carbons (Fsp3) is 0.556. The van der Waals surface area contributed by atoms with Gasteiger partial charge in [-0.05, 0) is 12.1 Å². The number of nitrogens with zero attached hydrogens (tertiary/aromatic N) is 2. The van der Waals surface area contributed by atoms with Crippen LogP contribution in [0.2, 0.25) is 0 Å². The van der Waals surface area contributed by atoms with Crippen molar-refractivity contribution in [2.45, 2.75) is 116 Å². The Labute approximate surface area is 340 Å². The molecule has 3 aliphatic heterocycles. The monoisotopic (exact) mass is 854 g/mol. The van der Waals surface area contributed by atoms with Crippen LogP contribution in [-0.4, -0.2) is 137 Å². The van der Waals surface area contributed by atoms with Gasteiger partial charge in [-0.25, -0.2) is 4.99 Å². The highest BCUT2D eigenvalue weighted by Crippen LogP contribution is 2.40. The average molecular weight is 855 g/mol. The summed E-state index contributed by atoms with van der Waals surface area (Å²) in [7, 11) is 0. The Kier molecular flexibility index (Phi) is 15.7. The van der Waals surface area contributed by atoms with E-state index in [1.165, 1.54) is 24.5 Å². The molecule has 322 valence electrons. The van der Waals surface area contributed by atoms with E-state index < -0.39 is 127 Å². The summed E-state index contributed by atoms with van der Waals surface area (Å²) in [5, 5.41) is -0.338. The number of furan rings is 1. The van der Waals surface area contributed by atoms with Gasteiger partial charge in [0.05, 0.1) is 6.26 Å². The van der Waals surface area contributed by atoms with Crippen molar-refractivity contribution < 1.29 is 94.9 Å². The molecular formula is C36H42N2O20S. The van der Waals surface area contributed by atoms with Crippen LogP contribution in [0.25, 0.3) is 6.08 Å². The van der Waals surface area contributed by atoms with Gasteiger partial charge in [0.1, 0.15) is 36.9 Å². The number of thioether (sulfide) groups is 1. The van der Waals surface area contributed by atoms with E-state index in [1.807, 2.05) is 0 Å². The van der Waals surface area contributed by atoms with Crippen LogP contribution in [0.3, 0.4) is 0 Å². The first kappa shape index (κ1) is 45.9. The average Bonchev–Trinajstić information content (AvgIpc) is 3.73. The molecule has 10 atom stereocenters. The largest absolute Gasteiger partial charge is 0.465 e. The lowest BCUT2D eigenvalue weighted by molar-refractivity contribution is -0.268. The fourth-order valence-corrected chi connectivity index (χ4v) is 7.33. The lowest BCUT2D eigenvalue weighted by Gasteiger charge is -2.47. The van der Waals surface area contributed by atoms with Gasteiger partial charge in [-0.1, -0.05) is 11.8 Å². The van der Waals surface area contributed by atoms with Crippen molar-refractivity contribution >= 4 is 76.7 Å². The van der Waals surface area contributed by atoms with Gasteiger partial charge in [0.15, 0.2) is 53.5 Å². The zero-order valence-electron chi connectivity index (χ0n) is 33.0. The van der Waals surface area contributed by atoms with Crippen LogP contribution >= 0.6 is 11.8 Å². The van der Waals surface area contributed by atoms with Crippen LogP contribution < -0.4 is 0 Å². The molecule has 59 heavy (non-hydrogen) atoms. The molecule has 4 rings (SSSR count). The topological polar surface area (TPSA) is 275 Å². The number of amides is 1. The van der Waals surface area contributed by atoms with Crippen LogP contribution in [0.5, 0.6) is 0 Å². The summed E-state index contributed by atoms with van der Waals surface area (Å²) in [5.74, 6) is -7.85. The summed E-state index contributed by atoms with van der Waals surface area (Å²) in [6.07, 6.45) is -12.0. The van der Waals surface area contributed by atoms with Crippen molar-refractivity contribution in [2.24, 2.45) is 4.99 Å². The van der Waals surface area contributed by atoms with Gasteiger partial charge < -0.3 is 51.8 Å². The molecule has 1 aromatic rings. The second-order valence-electron chi connectivity index (χ2n) is 12.9. The SMILES string of the molecule is CC(=O)OC[C@H]1O[C@@H](N2C(=O)/C(=C/c3ccco3)N=C2S[C@@H]2O[C@H](COC(C)=O)[C@H](OC(C)=O)[C@H](OC(C)=O)[C@H]2OC(C)=O)[C@H](OC(C)=O)[C@@H](OC(C)=O)[C@H]1OC(C)=O. The molecule has 4 heterocycles. The second-order valence-corrected chi connectivity index (χ2v) is 14.0. The molecule has 2 fully saturated rings. The van der Waals surface area contributed by atoms with E-state index in [0.29, 0.717) is 11.8 Å². The summed E-state index contributed by atoms with van der Waals surface area (Å²) in [6, 6.07) is 3.03. The number of esters is 8. The zero-order chi connectivity index (χ0) is 43.7. The van der Waals surface area contributed by atoms with Crippen molar-refractivity contribution in [2.75, 3.05) is 13.2 Å². The molecule has 0 N–H and O–H groups in total. The van der Waals surface area contributed by atoms with E-state index in [2.05, 4.69) is 4.99 Å². The van der Waals surface area contributed by atoms with Gasteiger partial charge in [0.25, 0.3) is 5.91 Å². The Morgan fingerprint density at radius 1 is 0.627 bits per heavy atom. The third kappa shape index (κ3) is 12.3. The number of amidine groups is 1. The number of hydrogen-bond acceptors (Lipinski definition) is 22. The molecule has 0 aliphatic carbocycles. The van der Waals surface area contributed by atoms with Crippen LogP contribution in [-0.2, 0) is 90.5 Å². The molecule has 1 aromatic heterocycles. The molecule has 3 aliphatic rings. The molecule has 0 bridgehead atoms. The predicted molar refractivity (Wildman–Crippen MR) is 192 cm³/mol. The van der Waals surface area contributed by atoms with E-state index in [-0.39, 0.29) is 16.6 Å². The van der Waals surface area contributed by atoms with E-state index in [9.17, 15) is 43.2 Å². The minimum atomic E-state index is -1.83. The lowest BCUT2D eigenvalue weighted by atomic mass is 9.96. The molecule has 0 unspecified atom stereocenters. The Morgan fingerprint density at radius 3 is 1.53 bits per heavy atom. The maximum atomic E-state index is 14.5. The highest BCUT2D eigenvalue weighted by molar-refractivity contribution is 8.14. The molecule has 23 heteroatoms. The van der Waals surface area contributed by atoms with Crippen LogP contribution in [0.1, 0.15) is 61.2 Å². The number of aliphatic imine (C=N–C) groups is 1. The molecule has 2 saturated heterocycles. The Bertz CT molecular complexity index is 1860. The molecule has 0 saturated carbocycles. The molecule has 0 spiro atoms. The van der Waals surface area contributed by atoms with Crippen molar-refractivity contribution in [1.29, 1.82) is 0 Å². The molecule has 1 amide bonds. The molecule has 0 radical (unpaired) electrons. The van der Waals surface area contributed by atoms with Gasteiger partial charge in [-0.3, -0.25) is 48.1 Å². The van der Waals surface area contributed by atoms with Crippen LogP contribution in [0, 0.1) is 0 Å². The number of carbonyl (C=O) groups excluding carboxylic acids is 9. The molecule has 22 nitrogen and oxygen atoms in total. The molecule has 0 aromatic carbocycles. The normalized spacial score (nSPS) is 28.4. The van der Waals surface area contributed by atoms with Crippen molar-refractivity contribution in [1.82, 2.24) is 4.90 Å². The van der Waals surface area contributed by atoms with E-state index in [0.717, 1.165) is 60.3 Å². The van der Waals surface area contributed by atoms with Crippen LogP contribution in [0.4, 0.5) is 0 Å². The predicted octanol–water partition coefficient (Wildman–Crippen LogP) is 0.718. The van der Waals surface area contributed by atoms with E-state index >= 15 is 0 Å². The minimum Gasteiger partial charge on any atom is -0.465 e. The Hall–Kier alpha value is -5.81. The molecular weight excluding hydrogens is 812 g/mol. The highest BCUT2D eigenvalue weighted by Gasteiger charge is 2.58. The maximum Gasteiger partial charge on any atom is 0.303 e. The third-order valence-electron chi connectivity index (χ3n) is 8.07. The zero-order valence-corrected chi connectivity index (χ0v) is 33.8.